The van der Waals surface area contributed by atoms with Crippen LogP contribution >= 0.6 is 0 Å². The highest BCUT2D eigenvalue weighted by Crippen LogP contribution is 2.18. The Bertz CT molecular complexity index is 824. The standard InChI is InChI=1S/C22H20O2/c1-4-6-10-17(5-2)21(23)19-13-16(3)14-20(15-19)22(24)18-11-8-7-9-12-18/h4-15H,1H2,2-3H3/b10-6-,17-5+. The minimum absolute atomic E-state index is 0.0861. The van der Waals surface area contributed by atoms with Crippen LogP contribution in [0.2, 0.25) is 0 Å². The van der Waals surface area contributed by atoms with Crippen LogP contribution in [0.3, 0.4) is 0 Å². The van der Waals surface area contributed by atoms with E-state index in [1.165, 1.54) is 0 Å². The largest absolute Gasteiger partial charge is 0.289 e. The molecule has 0 radical (unpaired) electrons. The highest BCUT2D eigenvalue weighted by Gasteiger charge is 2.15. The zero-order valence-corrected chi connectivity index (χ0v) is 14.0. The van der Waals surface area contributed by atoms with Gasteiger partial charge in [-0.3, -0.25) is 9.59 Å². The van der Waals surface area contributed by atoms with Crippen molar-refractivity contribution >= 4 is 11.6 Å². The number of allylic oxidation sites excluding steroid dienone is 5. The molecule has 0 aromatic heterocycles. The van der Waals surface area contributed by atoms with E-state index >= 15 is 0 Å². The molecule has 0 aliphatic heterocycles. The third kappa shape index (κ3) is 4.05. The molecule has 0 unspecified atom stereocenters. The Kier molecular flexibility index (Phi) is 5.80. The second kappa shape index (κ2) is 8.02. The summed E-state index contributed by atoms with van der Waals surface area (Å²) in [5, 5.41) is 0. The topological polar surface area (TPSA) is 34.1 Å². The number of rotatable bonds is 6. The van der Waals surface area contributed by atoms with Gasteiger partial charge in [0, 0.05) is 22.3 Å². The summed E-state index contributed by atoms with van der Waals surface area (Å²) in [4.78, 5) is 25.3. The van der Waals surface area contributed by atoms with E-state index in [1.807, 2.05) is 32.0 Å². The van der Waals surface area contributed by atoms with Gasteiger partial charge >= 0.3 is 0 Å². The van der Waals surface area contributed by atoms with Gasteiger partial charge in [0.15, 0.2) is 11.6 Å². The van der Waals surface area contributed by atoms with Crippen LogP contribution < -0.4 is 0 Å². The fourth-order valence-electron chi connectivity index (χ4n) is 2.44. The van der Waals surface area contributed by atoms with E-state index in [-0.39, 0.29) is 11.6 Å². The first kappa shape index (κ1) is 17.4. The summed E-state index contributed by atoms with van der Waals surface area (Å²) < 4.78 is 0. The molecule has 2 aromatic carbocycles. The van der Waals surface area contributed by atoms with Crippen molar-refractivity contribution in [2.24, 2.45) is 0 Å². The summed E-state index contributed by atoms with van der Waals surface area (Å²) in [6.07, 6.45) is 6.82. The number of aryl methyl sites for hydroxylation is 1. The zero-order chi connectivity index (χ0) is 17.5. The maximum absolute atomic E-state index is 12.7. The molecule has 0 aliphatic carbocycles. The highest BCUT2D eigenvalue weighted by atomic mass is 16.1. The average molecular weight is 316 g/mol. The molecule has 0 saturated heterocycles. The Labute approximate surface area is 142 Å². The minimum Gasteiger partial charge on any atom is -0.289 e. The fourth-order valence-corrected chi connectivity index (χ4v) is 2.44. The van der Waals surface area contributed by atoms with E-state index in [1.54, 1.807) is 54.6 Å². The van der Waals surface area contributed by atoms with Gasteiger partial charge in [-0.05, 0) is 37.6 Å². The molecule has 120 valence electrons. The third-order valence-corrected chi connectivity index (χ3v) is 3.62. The molecule has 0 saturated carbocycles. The van der Waals surface area contributed by atoms with Gasteiger partial charge in [0.2, 0.25) is 0 Å². The molecule has 0 heterocycles. The molecule has 2 heteroatoms. The summed E-state index contributed by atoms with van der Waals surface area (Å²) in [6, 6.07) is 14.3. The van der Waals surface area contributed by atoms with Crippen LogP contribution in [0, 0.1) is 6.92 Å². The number of benzene rings is 2. The number of Topliss-reactive ketones (excluding diaryl/α,β-unsaturated/α-hetero) is 1. The molecule has 2 aromatic rings. The second-order valence-corrected chi connectivity index (χ2v) is 5.45. The van der Waals surface area contributed by atoms with Crippen molar-refractivity contribution in [3.05, 3.63) is 107 Å². The molecule has 0 aliphatic rings. The van der Waals surface area contributed by atoms with Crippen LogP contribution in [0.5, 0.6) is 0 Å². The lowest BCUT2D eigenvalue weighted by Gasteiger charge is -2.07. The van der Waals surface area contributed by atoms with Gasteiger partial charge in [-0.1, -0.05) is 61.2 Å². The lowest BCUT2D eigenvalue weighted by Crippen LogP contribution is -2.07. The maximum atomic E-state index is 12.7. The Morgan fingerprint density at radius 1 is 0.958 bits per heavy atom. The first-order chi connectivity index (χ1) is 11.6. The van der Waals surface area contributed by atoms with Gasteiger partial charge in [-0.2, -0.15) is 0 Å². The SMILES string of the molecule is C=C/C=C\C(=C/C)C(=O)c1cc(C)cc(C(=O)c2ccccc2)c1. The molecule has 0 amide bonds. The second-order valence-electron chi connectivity index (χ2n) is 5.45. The maximum Gasteiger partial charge on any atom is 0.193 e. The predicted molar refractivity (Wildman–Crippen MR) is 98.5 cm³/mol. The third-order valence-electron chi connectivity index (χ3n) is 3.62. The van der Waals surface area contributed by atoms with E-state index in [0.29, 0.717) is 22.3 Å². The van der Waals surface area contributed by atoms with Gasteiger partial charge in [0.25, 0.3) is 0 Å². The Balaban J connectivity index is 2.42. The van der Waals surface area contributed by atoms with Gasteiger partial charge in [-0.25, -0.2) is 0 Å². The monoisotopic (exact) mass is 316 g/mol. The predicted octanol–water partition coefficient (Wildman–Crippen LogP) is 5.10. The molecule has 24 heavy (non-hydrogen) atoms. The summed E-state index contributed by atoms with van der Waals surface area (Å²) in [7, 11) is 0. The van der Waals surface area contributed by atoms with Crippen LogP contribution in [0.4, 0.5) is 0 Å². The van der Waals surface area contributed by atoms with Crippen LogP contribution in [-0.2, 0) is 0 Å². The van der Waals surface area contributed by atoms with Crippen LogP contribution in [0.1, 0.15) is 38.8 Å². The average Bonchev–Trinajstić information content (AvgIpc) is 2.61. The lowest BCUT2D eigenvalue weighted by atomic mass is 9.95. The van der Waals surface area contributed by atoms with E-state index in [9.17, 15) is 9.59 Å². The van der Waals surface area contributed by atoms with E-state index < -0.39 is 0 Å². The van der Waals surface area contributed by atoms with Crippen LogP contribution in [-0.4, -0.2) is 11.6 Å². The highest BCUT2D eigenvalue weighted by molar-refractivity contribution is 6.14. The zero-order valence-electron chi connectivity index (χ0n) is 14.0. The molecule has 2 rings (SSSR count). The quantitative estimate of drug-likeness (QED) is 0.422. The first-order valence-electron chi connectivity index (χ1n) is 7.78. The van der Waals surface area contributed by atoms with Crippen molar-refractivity contribution < 1.29 is 9.59 Å². The number of hydrogen-bond donors (Lipinski definition) is 0. The lowest BCUT2D eigenvalue weighted by molar-refractivity contribution is 0.103. The van der Waals surface area contributed by atoms with Gasteiger partial charge in [0.05, 0.1) is 0 Å². The Morgan fingerprint density at radius 2 is 1.62 bits per heavy atom. The summed E-state index contributed by atoms with van der Waals surface area (Å²) in [5.74, 6) is -0.196. The number of ketones is 2. The van der Waals surface area contributed by atoms with Crippen molar-refractivity contribution in [3.63, 3.8) is 0 Å². The van der Waals surface area contributed by atoms with Crippen molar-refractivity contribution in [1.82, 2.24) is 0 Å². The Morgan fingerprint density at radius 3 is 2.25 bits per heavy atom. The van der Waals surface area contributed by atoms with Crippen LogP contribution in [0.25, 0.3) is 0 Å². The summed E-state index contributed by atoms with van der Waals surface area (Å²) in [6.45, 7) is 7.31. The van der Waals surface area contributed by atoms with Gasteiger partial charge in [-0.15, -0.1) is 0 Å². The Hall–Kier alpha value is -3.00. The van der Waals surface area contributed by atoms with Crippen molar-refractivity contribution in [2.75, 3.05) is 0 Å². The number of carbonyl (C=O) groups is 2. The number of carbonyl (C=O) groups excluding carboxylic acids is 2. The van der Waals surface area contributed by atoms with Crippen LogP contribution in [0.15, 0.2) is 85.0 Å². The number of hydrogen-bond acceptors (Lipinski definition) is 2. The fraction of sp³-hybridized carbons (Fsp3) is 0.0909. The van der Waals surface area contributed by atoms with E-state index in [0.717, 1.165) is 5.56 Å². The minimum atomic E-state index is -0.110. The molecule has 0 N–H and O–H groups in total. The molecule has 2 nitrogen and oxygen atoms in total. The smallest absolute Gasteiger partial charge is 0.193 e. The van der Waals surface area contributed by atoms with Gasteiger partial charge in [0.1, 0.15) is 0 Å². The summed E-state index contributed by atoms with van der Waals surface area (Å²) in [5.41, 5.74) is 3.09. The molecule has 0 atom stereocenters. The first-order valence-corrected chi connectivity index (χ1v) is 7.78. The van der Waals surface area contributed by atoms with E-state index in [2.05, 4.69) is 6.58 Å². The normalized spacial score (nSPS) is 11.5. The van der Waals surface area contributed by atoms with Crippen molar-refractivity contribution in [1.29, 1.82) is 0 Å². The van der Waals surface area contributed by atoms with E-state index in [4.69, 9.17) is 0 Å². The molecular formula is C22H20O2. The van der Waals surface area contributed by atoms with Crippen molar-refractivity contribution in [3.8, 4) is 0 Å². The molecular weight excluding hydrogens is 296 g/mol. The summed E-state index contributed by atoms with van der Waals surface area (Å²) >= 11 is 0. The van der Waals surface area contributed by atoms with Gasteiger partial charge < -0.3 is 0 Å². The molecule has 0 bridgehead atoms. The molecule has 0 spiro atoms. The molecule has 0 fully saturated rings. The van der Waals surface area contributed by atoms with Crippen molar-refractivity contribution in [2.45, 2.75) is 13.8 Å².